The molecule has 1 fully saturated rings. The maximum atomic E-state index is 13.1. The van der Waals surface area contributed by atoms with E-state index in [4.69, 9.17) is 10.5 Å². The first-order valence-electron chi connectivity index (χ1n) is 9.59. The van der Waals surface area contributed by atoms with Gasteiger partial charge < -0.3 is 25.6 Å². The summed E-state index contributed by atoms with van der Waals surface area (Å²) in [6, 6.07) is 6.48. The Labute approximate surface area is 173 Å². The maximum Gasteiger partial charge on any atom is 0.341 e. The van der Waals surface area contributed by atoms with Gasteiger partial charge in [0.25, 0.3) is 5.91 Å². The number of thiophene rings is 1. The van der Waals surface area contributed by atoms with Gasteiger partial charge >= 0.3 is 5.97 Å². The molecule has 0 atom stereocenters. The van der Waals surface area contributed by atoms with Crippen LogP contribution in [0.15, 0.2) is 24.3 Å². The Morgan fingerprint density at radius 3 is 2.52 bits per heavy atom. The number of esters is 1. The van der Waals surface area contributed by atoms with E-state index in [9.17, 15) is 14.0 Å². The summed E-state index contributed by atoms with van der Waals surface area (Å²) in [7, 11) is 1.56. The molecule has 2 aromatic rings. The van der Waals surface area contributed by atoms with E-state index < -0.39 is 5.97 Å². The minimum Gasteiger partial charge on any atom is -0.462 e. The SMILES string of the molecule is CCOC(=O)c1c(N)sc(C(=O)NC)c1C[NH+]1CCN(c2ccc(F)cc2)CC1. The second-order valence-corrected chi connectivity index (χ2v) is 7.89. The van der Waals surface area contributed by atoms with Gasteiger partial charge in [-0.1, -0.05) is 0 Å². The Morgan fingerprint density at radius 2 is 1.93 bits per heavy atom. The lowest BCUT2D eigenvalue weighted by Gasteiger charge is -2.33. The number of hydrogen-bond donors (Lipinski definition) is 3. The van der Waals surface area contributed by atoms with Crippen molar-refractivity contribution in [2.45, 2.75) is 13.5 Å². The van der Waals surface area contributed by atoms with E-state index in [1.807, 2.05) is 0 Å². The fraction of sp³-hybridized carbons (Fsp3) is 0.400. The summed E-state index contributed by atoms with van der Waals surface area (Å²) in [5, 5.41) is 2.93. The van der Waals surface area contributed by atoms with Crippen LogP contribution in [0.25, 0.3) is 0 Å². The number of nitrogens with zero attached hydrogens (tertiary/aromatic N) is 1. The lowest BCUT2D eigenvalue weighted by Crippen LogP contribution is -3.13. The van der Waals surface area contributed by atoms with Crippen LogP contribution in [0.2, 0.25) is 0 Å². The van der Waals surface area contributed by atoms with E-state index in [0.717, 1.165) is 43.2 Å². The van der Waals surface area contributed by atoms with Crippen molar-refractivity contribution in [1.29, 1.82) is 0 Å². The largest absolute Gasteiger partial charge is 0.462 e. The van der Waals surface area contributed by atoms with E-state index in [0.29, 0.717) is 27.5 Å². The number of ether oxygens (including phenoxy) is 1. The number of benzene rings is 1. The van der Waals surface area contributed by atoms with E-state index in [1.165, 1.54) is 17.0 Å². The number of piperazine rings is 1. The third kappa shape index (κ3) is 4.68. The number of hydrogen-bond acceptors (Lipinski definition) is 6. The number of amides is 1. The highest BCUT2D eigenvalue weighted by atomic mass is 32.1. The maximum absolute atomic E-state index is 13.1. The third-order valence-corrected chi connectivity index (χ3v) is 6.10. The number of nitrogen functional groups attached to an aromatic ring is 1. The number of rotatable bonds is 6. The molecule has 156 valence electrons. The third-order valence-electron chi connectivity index (χ3n) is 5.04. The number of halogens is 1. The summed E-state index contributed by atoms with van der Waals surface area (Å²) in [4.78, 5) is 28.7. The molecule has 3 rings (SSSR count). The molecule has 1 aromatic carbocycles. The van der Waals surface area contributed by atoms with Crippen LogP contribution in [-0.2, 0) is 11.3 Å². The van der Waals surface area contributed by atoms with E-state index in [2.05, 4.69) is 10.2 Å². The Hall–Kier alpha value is -2.65. The monoisotopic (exact) mass is 421 g/mol. The molecule has 9 heteroatoms. The predicted molar refractivity (Wildman–Crippen MR) is 111 cm³/mol. The average molecular weight is 422 g/mol. The summed E-state index contributed by atoms with van der Waals surface area (Å²) in [6.45, 7) is 5.73. The van der Waals surface area contributed by atoms with Gasteiger partial charge in [-0.2, -0.15) is 0 Å². The van der Waals surface area contributed by atoms with E-state index >= 15 is 0 Å². The predicted octanol–water partition coefficient (Wildman–Crippen LogP) is 0.911. The van der Waals surface area contributed by atoms with Crippen molar-refractivity contribution in [2.75, 3.05) is 50.5 Å². The first-order chi connectivity index (χ1) is 13.9. The highest BCUT2D eigenvalue weighted by Gasteiger charge is 2.30. The molecule has 7 nitrogen and oxygen atoms in total. The zero-order valence-electron chi connectivity index (χ0n) is 16.6. The van der Waals surface area contributed by atoms with Crippen molar-refractivity contribution in [2.24, 2.45) is 0 Å². The Morgan fingerprint density at radius 1 is 1.28 bits per heavy atom. The van der Waals surface area contributed by atoms with E-state index in [1.54, 1.807) is 26.1 Å². The molecule has 1 aliphatic rings. The van der Waals surface area contributed by atoms with Crippen molar-refractivity contribution in [3.63, 3.8) is 0 Å². The van der Waals surface area contributed by atoms with Gasteiger partial charge in [0.1, 0.15) is 27.8 Å². The molecule has 1 aliphatic heterocycles. The van der Waals surface area contributed by atoms with Crippen molar-refractivity contribution >= 4 is 33.9 Å². The van der Waals surface area contributed by atoms with Crippen LogP contribution in [0.1, 0.15) is 32.5 Å². The lowest BCUT2D eigenvalue weighted by atomic mass is 10.1. The molecular formula is C20H26FN4O3S+. The van der Waals surface area contributed by atoms with Gasteiger partial charge in [0.15, 0.2) is 0 Å². The fourth-order valence-electron chi connectivity index (χ4n) is 3.54. The molecule has 4 N–H and O–H groups in total. The van der Waals surface area contributed by atoms with Crippen molar-refractivity contribution < 1.29 is 23.6 Å². The summed E-state index contributed by atoms with van der Waals surface area (Å²) in [6.07, 6.45) is 0. The van der Waals surface area contributed by atoms with Crippen LogP contribution in [0, 0.1) is 5.82 Å². The Bertz CT molecular complexity index is 877. The molecule has 0 bridgehead atoms. The molecule has 0 unspecified atom stereocenters. The van der Waals surface area contributed by atoms with Gasteiger partial charge in [0.2, 0.25) is 0 Å². The van der Waals surface area contributed by atoms with Crippen molar-refractivity contribution in [1.82, 2.24) is 5.32 Å². The molecule has 1 aromatic heterocycles. The average Bonchev–Trinajstić information content (AvgIpc) is 3.04. The number of nitrogens with two attached hydrogens (primary N) is 1. The zero-order chi connectivity index (χ0) is 21.0. The highest BCUT2D eigenvalue weighted by molar-refractivity contribution is 7.18. The molecule has 0 saturated carbocycles. The first-order valence-corrected chi connectivity index (χ1v) is 10.4. The number of nitrogens with one attached hydrogen (secondary N) is 2. The molecule has 1 saturated heterocycles. The highest BCUT2D eigenvalue weighted by Crippen LogP contribution is 2.31. The molecule has 2 heterocycles. The summed E-state index contributed by atoms with van der Waals surface area (Å²) in [5.41, 5.74) is 8.02. The van der Waals surface area contributed by atoms with Crippen LogP contribution >= 0.6 is 11.3 Å². The summed E-state index contributed by atoms with van der Waals surface area (Å²) < 4.78 is 18.3. The van der Waals surface area contributed by atoms with Gasteiger partial charge in [0, 0.05) is 18.3 Å². The van der Waals surface area contributed by atoms with Crippen LogP contribution in [0.3, 0.4) is 0 Å². The van der Waals surface area contributed by atoms with Crippen LogP contribution < -0.4 is 20.9 Å². The normalized spacial score (nSPS) is 14.7. The van der Waals surface area contributed by atoms with Gasteiger partial charge in [0.05, 0.1) is 32.8 Å². The van der Waals surface area contributed by atoms with Crippen molar-refractivity contribution in [3.05, 3.63) is 46.1 Å². The lowest BCUT2D eigenvalue weighted by molar-refractivity contribution is -0.914. The second-order valence-electron chi connectivity index (χ2n) is 6.84. The molecule has 29 heavy (non-hydrogen) atoms. The molecule has 0 aliphatic carbocycles. The molecule has 0 radical (unpaired) electrons. The number of quaternary nitrogens is 1. The smallest absolute Gasteiger partial charge is 0.341 e. The second kappa shape index (κ2) is 9.23. The van der Waals surface area contributed by atoms with Crippen molar-refractivity contribution in [3.8, 4) is 0 Å². The first kappa shape index (κ1) is 21.1. The quantitative estimate of drug-likeness (QED) is 0.604. The van der Waals surface area contributed by atoms with Crippen LogP contribution in [0.5, 0.6) is 0 Å². The minimum atomic E-state index is -0.490. The van der Waals surface area contributed by atoms with Gasteiger partial charge in [-0.15, -0.1) is 11.3 Å². The Balaban J connectivity index is 1.76. The topological polar surface area (TPSA) is 89.1 Å². The van der Waals surface area contributed by atoms with Crippen LogP contribution in [0.4, 0.5) is 15.1 Å². The summed E-state index contributed by atoms with van der Waals surface area (Å²) >= 11 is 1.12. The zero-order valence-corrected chi connectivity index (χ0v) is 17.4. The summed E-state index contributed by atoms with van der Waals surface area (Å²) in [5.74, 6) is -0.992. The van der Waals surface area contributed by atoms with Crippen LogP contribution in [-0.4, -0.2) is 51.7 Å². The van der Waals surface area contributed by atoms with Gasteiger partial charge in [-0.25, -0.2) is 9.18 Å². The Kier molecular flexibility index (Phi) is 6.71. The number of carbonyl (C=O) groups excluding carboxylic acids is 2. The fourth-order valence-corrected chi connectivity index (χ4v) is 4.56. The van der Waals surface area contributed by atoms with Gasteiger partial charge in [-0.05, 0) is 31.2 Å². The standard InChI is InChI=1S/C20H25FN4O3S/c1-3-28-20(27)16-15(17(19(26)23-2)29-18(16)22)12-24-8-10-25(11-9-24)14-6-4-13(21)5-7-14/h4-7H,3,8-12,22H2,1-2H3,(H,23,26)/p+1. The number of carbonyl (C=O) groups is 2. The minimum absolute atomic E-state index is 0.242. The molecular weight excluding hydrogens is 395 g/mol. The molecule has 0 spiro atoms. The number of anilines is 2. The van der Waals surface area contributed by atoms with Gasteiger partial charge in [-0.3, -0.25) is 4.79 Å². The molecule has 1 amide bonds. The van der Waals surface area contributed by atoms with E-state index in [-0.39, 0.29) is 18.3 Å².